The van der Waals surface area contributed by atoms with Gasteiger partial charge in [0.2, 0.25) is 11.8 Å². The third-order valence-corrected chi connectivity index (χ3v) is 3.85. The zero-order valence-electron chi connectivity index (χ0n) is 12.5. The van der Waals surface area contributed by atoms with Crippen LogP contribution in [0.15, 0.2) is 30.3 Å². The van der Waals surface area contributed by atoms with Crippen LogP contribution in [0.5, 0.6) is 0 Å². The summed E-state index contributed by atoms with van der Waals surface area (Å²) >= 11 is 0. The summed E-state index contributed by atoms with van der Waals surface area (Å²) in [5.74, 6) is -0.130. The van der Waals surface area contributed by atoms with Gasteiger partial charge < -0.3 is 10.6 Å². The molecule has 0 aliphatic carbocycles. The minimum Gasteiger partial charge on any atom is -0.359 e. The Morgan fingerprint density at radius 3 is 2.86 bits per heavy atom. The Morgan fingerprint density at radius 1 is 1.38 bits per heavy atom. The van der Waals surface area contributed by atoms with Crippen LogP contribution in [0.2, 0.25) is 0 Å². The zero-order chi connectivity index (χ0) is 15.1. The van der Waals surface area contributed by atoms with E-state index in [1.54, 1.807) is 7.05 Å². The number of hydrogen-bond acceptors (Lipinski definition) is 3. The molecule has 1 aliphatic heterocycles. The molecule has 1 aromatic carbocycles. The van der Waals surface area contributed by atoms with Gasteiger partial charge in [0.05, 0.1) is 12.5 Å². The minimum absolute atomic E-state index is 0.0374. The van der Waals surface area contributed by atoms with E-state index in [2.05, 4.69) is 27.7 Å². The average Bonchev–Trinajstić information content (AvgIpc) is 2.51. The van der Waals surface area contributed by atoms with Gasteiger partial charge in [0.15, 0.2) is 0 Å². The average molecular weight is 289 g/mol. The highest BCUT2D eigenvalue weighted by Gasteiger charge is 2.30. The molecule has 0 unspecified atom stereocenters. The highest BCUT2D eigenvalue weighted by molar-refractivity contribution is 5.88. The van der Waals surface area contributed by atoms with Crippen LogP contribution in [-0.2, 0) is 16.0 Å². The number of benzene rings is 1. The summed E-state index contributed by atoms with van der Waals surface area (Å²) in [7, 11) is 1.60. The second kappa shape index (κ2) is 7.78. The zero-order valence-corrected chi connectivity index (χ0v) is 12.5. The van der Waals surface area contributed by atoms with Crippen LogP contribution < -0.4 is 10.6 Å². The number of aryl methyl sites for hydroxylation is 1. The van der Waals surface area contributed by atoms with Crippen molar-refractivity contribution in [1.82, 2.24) is 15.5 Å². The number of nitrogens with one attached hydrogen (secondary N) is 2. The summed E-state index contributed by atoms with van der Waals surface area (Å²) in [6, 6.07) is 9.98. The largest absolute Gasteiger partial charge is 0.359 e. The Labute approximate surface area is 125 Å². The number of nitrogens with zero attached hydrogens (tertiary/aromatic N) is 1. The second-order valence-corrected chi connectivity index (χ2v) is 5.31. The highest BCUT2D eigenvalue weighted by Crippen LogP contribution is 2.11. The van der Waals surface area contributed by atoms with E-state index in [9.17, 15) is 9.59 Å². The molecule has 5 heteroatoms. The lowest BCUT2D eigenvalue weighted by Gasteiger charge is -2.34. The lowest BCUT2D eigenvalue weighted by atomic mass is 10.1. The molecule has 5 nitrogen and oxygen atoms in total. The van der Waals surface area contributed by atoms with Crippen molar-refractivity contribution >= 4 is 11.8 Å². The fraction of sp³-hybridized carbons (Fsp3) is 0.500. The van der Waals surface area contributed by atoms with E-state index in [1.807, 2.05) is 18.2 Å². The maximum absolute atomic E-state index is 12.0. The second-order valence-electron chi connectivity index (χ2n) is 5.31. The summed E-state index contributed by atoms with van der Waals surface area (Å²) in [6.07, 6.45) is 2.21. The molecule has 1 atom stereocenters. The molecule has 2 N–H and O–H groups in total. The lowest BCUT2D eigenvalue weighted by Crippen LogP contribution is -2.56. The molecule has 114 valence electrons. The van der Waals surface area contributed by atoms with Crippen molar-refractivity contribution in [2.75, 3.05) is 26.7 Å². The maximum Gasteiger partial charge on any atom is 0.237 e. The summed E-state index contributed by atoms with van der Waals surface area (Å²) in [5, 5.41) is 5.43. The lowest BCUT2D eigenvalue weighted by molar-refractivity contribution is -0.133. The van der Waals surface area contributed by atoms with Crippen LogP contribution in [0.1, 0.15) is 18.4 Å². The number of hydrogen-bond donors (Lipinski definition) is 2. The number of carbonyl (C=O) groups excluding carboxylic acids is 2. The first-order valence-electron chi connectivity index (χ1n) is 7.47. The maximum atomic E-state index is 12.0. The van der Waals surface area contributed by atoms with Crippen molar-refractivity contribution in [3.05, 3.63) is 35.9 Å². The van der Waals surface area contributed by atoms with E-state index < -0.39 is 0 Å². The van der Waals surface area contributed by atoms with Crippen LogP contribution >= 0.6 is 0 Å². The van der Waals surface area contributed by atoms with Gasteiger partial charge in [-0.1, -0.05) is 30.3 Å². The van der Waals surface area contributed by atoms with E-state index in [1.165, 1.54) is 5.56 Å². The predicted molar refractivity (Wildman–Crippen MR) is 81.8 cm³/mol. The van der Waals surface area contributed by atoms with Crippen LogP contribution in [0, 0.1) is 0 Å². The van der Waals surface area contributed by atoms with Crippen LogP contribution in [0.3, 0.4) is 0 Å². The number of carbonyl (C=O) groups is 2. The van der Waals surface area contributed by atoms with Gasteiger partial charge in [-0.2, -0.15) is 0 Å². The molecule has 0 spiro atoms. The van der Waals surface area contributed by atoms with Crippen molar-refractivity contribution in [3.8, 4) is 0 Å². The van der Waals surface area contributed by atoms with Gasteiger partial charge in [-0.3, -0.25) is 14.5 Å². The molecule has 0 radical (unpaired) electrons. The summed E-state index contributed by atoms with van der Waals surface area (Å²) < 4.78 is 0. The Bertz CT molecular complexity index is 476. The number of piperazine rings is 1. The predicted octanol–water partition coefficient (Wildman–Crippen LogP) is 0.556. The highest BCUT2D eigenvalue weighted by atomic mass is 16.2. The van der Waals surface area contributed by atoms with Gasteiger partial charge in [-0.15, -0.1) is 0 Å². The topological polar surface area (TPSA) is 61.4 Å². The van der Waals surface area contributed by atoms with Gasteiger partial charge in [-0.05, 0) is 24.9 Å². The normalized spacial score (nSPS) is 19.1. The van der Waals surface area contributed by atoms with Crippen molar-refractivity contribution in [2.24, 2.45) is 0 Å². The van der Waals surface area contributed by atoms with Gasteiger partial charge in [0.1, 0.15) is 0 Å². The van der Waals surface area contributed by atoms with Crippen LogP contribution in [-0.4, -0.2) is 49.4 Å². The molecular weight excluding hydrogens is 266 g/mol. The van der Waals surface area contributed by atoms with E-state index in [-0.39, 0.29) is 24.3 Å². The molecule has 0 bridgehead atoms. The molecule has 1 saturated heterocycles. The van der Waals surface area contributed by atoms with E-state index >= 15 is 0 Å². The van der Waals surface area contributed by atoms with Crippen molar-refractivity contribution in [3.63, 3.8) is 0 Å². The smallest absolute Gasteiger partial charge is 0.237 e. The van der Waals surface area contributed by atoms with Crippen LogP contribution in [0.4, 0.5) is 0 Å². The SMILES string of the molecule is CNC(=O)C[C@@H]1C(=O)NCCN1CCCc1ccccc1. The number of amides is 2. The molecule has 0 saturated carbocycles. The molecule has 21 heavy (non-hydrogen) atoms. The van der Waals surface area contributed by atoms with Crippen LogP contribution in [0.25, 0.3) is 0 Å². The van der Waals surface area contributed by atoms with Gasteiger partial charge in [0.25, 0.3) is 0 Å². The van der Waals surface area contributed by atoms with Crippen molar-refractivity contribution in [2.45, 2.75) is 25.3 Å². The quantitative estimate of drug-likeness (QED) is 0.804. The Balaban J connectivity index is 1.86. The summed E-state index contributed by atoms with van der Waals surface area (Å²) in [5.41, 5.74) is 1.31. The van der Waals surface area contributed by atoms with Gasteiger partial charge in [-0.25, -0.2) is 0 Å². The third-order valence-electron chi connectivity index (χ3n) is 3.85. The molecule has 2 amide bonds. The molecule has 2 rings (SSSR count). The molecule has 1 fully saturated rings. The summed E-state index contributed by atoms with van der Waals surface area (Å²) in [4.78, 5) is 25.6. The standard InChI is InChI=1S/C16H23N3O2/c1-17-15(20)12-14-16(21)18-9-11-19(14)10-5-8-13-6-3-2-4-7-13/h2-4,6-7,14H,5,8-12H2,1H3,(H,17,20)(H,18,21)/t14-/m1/s1. The monoisotopic (exact) mass is 289 g/mol. The summed E-state index contributed by atoms with van der Waals surface area (Å²) in [6.45, 7) is 2.31. The molecule has 1 aromatic rings. The molecule has 0 aromatic heterocycles. The third kappa shape index (κ3) is 4.56. The van der Waals surface area contributed by atoms with Gasteiger partial charge >= 0.3 is 0 Å². The van der Waals surface area contributed by atoms with E-state index in [4.69, 9.17) is 0 Å². The first-order valence-corrected chi connectivity index (χ1v) is 7.47. The molecular formula is C16H23N3O2. The first-order chi connectivity index (χ1) is 10.2. The molecule has 1 aliphatic rings. The fourth-order valence-electron chi connectivity index (χ4n) is 2.66. The Morgan fingerprint density at radius 2 is 2.14 bits per heavy atom. The van der Waals surface area contributed by atoms with Crippen molar-refractivity contribution in [1.29, 1.82) is 0 Å². The Kier molecular flexibility index (Phi) is 5.75. The molecule has 1 heterocycles. The van der Waals surface area contributed by atoms with Gasteiger partial charge in [0, 0.05) is 20.1 Å². The first kappa shape index (κ1) is 15.5. The van der Waals surface area contributed by atoms with E-state index in [0.717, 1.165) is 25.9 Å². The number of rotatable bonds is 6. The van der Waals surface area contributed by atoms with Crippen molar-refractivity contribution < 1.29 is 9.59 Å². The van der Waals surface area contributed by atoms with E-state index in [0.29, 0.717) is 6.54 Å². The Hall–Kier alpha value is -1.88. The minimum atomic E-state index is -0.338. The fourth-order valence-corrected chi connectivity index (χ4v) is 2.66.